The number of β-amino-alcohol motifs (C(OH)–C–C–N with tert-alkyl or cyclic N) is 1. The van der Waals surface area contributed by atoms with Crippen molar-refractivity contribution >= 4 is 6.09 Å². The average molecular weight is 215 g/mol. The molecule has 1 saturated heterocycles. The van der Waals surface area contributed by atoms with Crippen molar-refractivity contribution in [2.75, 3.05) is 19.7 Å². The number of hydrogen-bond acceptors (Lipinski definition) is 3. The number of piperidine rings is 1. The van der Waals surface area contributed by atoms with Gasteiger partial charge in [0.1, 0.15) is 0 Å². The molecule has 1 rings (SSSR count). The maximum absolute atomic E-state index is 11.5. The van der Waals surface area contributed by atoms with Gasteiger partial charge in [-0.2, -0.15) is 0 Å². The first kappa shape index (κ1) is 12.3. The molecule has 1 fully saturated rings. The highest BCUT2D eigenvalue weighted by atomic mass is 16.6. The van der Waals surface area contributed by atoms with E-state index in [4.69, 9.17) is 4.74 Å². The minimum absolute atomic E-state index is 0.162. The Morgan fingerprint density at radius 2 is 2.27 bits per heavy atom. The molecule has 1 aliphatic rings. The Balaban J connectivity index is 2.59. The molecule has 1 aliphatic heterocycles. The molecule has 0 aliphatic carbocycles. The topological polar surface area (TPSA) is 49.8 Å². The van der Waals surface area contributed by atoms with Crippen LogP contribution in [0.1, 0.15) is 33.6 Å². The molecule has 1 atom stereocenters. The molecular formula is C11H21NO3. The molecule has 88 valence electrons. The van der Waals surface area contributed by atoms with Gasteiger partial charge in [-0.15, -0.1) is 0 Å². The van der Waals surface area contributed by atoms with Crippen LogP contribution in [0.25, 0.3) is 0 Å². The molecule has 0 aromatic carbocycles. The zero-order valence-electron chi connectivity index (χ0n) is 9.82. The third kappa shape index (κ3) is 2.84. The zero-order chi connectivity index (χ0) is 11.5. The maximum Gasteiger partial charge on any atom is 0.409 e. The van der Waals surface area contributed by atoms with Gasteiger partial charge in [0.25, 0.3) is 0 Å². The Hall–Kier alpha value is -0.770. The predicted octanol–water partition coefficient (Wildman–Crippen LogP) is 1.63. The van der Waals surface area contributed by atoms with E-state index < -0.39 is 5.60 Å². The summed E-state index contributed by atoms with van der Waals surface area (Å²) in [4.78, 5) is 13.1. The van der Waals surface area contributed by atoms with Crippen molar-refractivity contribution < 1.29 is 14.6 Å². The van der Waals surface area contributed by atoms with Crippen LogP contribution >= 0.6 is 0 Å². The van der Waals surface area contributed by atoms with Crippen molar-refractivity contribution in [1.29, 1.82) is 0 Å². The highest BCUT2D eigenvalue weighted by Gasteiger charge is 2.38. The van der Waals surface area contributed by atoms with Crippen LogP contribution < -0.4 is 0 Å². The van der Waals surface area contributed by atoms with Gasteiger partial charge in [-0.25, -0.2) is 4.79 Å². The second-order valence-electron chi connectivity index (χ2n) is 4.48. The minimum Gasteiger partial charge on any atom is -0.450 e. The highest BCUT2D eigenvalue weighted by molar-refractivity contribution is 5.67. The molecule has 15 heavy (non-hydrogen) atoms. The van der Waals surface area contributed by atoms with Gasteiger partial charge >= 0.3 is 6.09 Å². The van der Waals surface area contributed by atoms with Gasteiger partial charge in [-0.05, 0) is 25.7 Å². The van der Waals surface area contributed by atoms with Crippen molar-refractivity contribution in [3.8, 4) is 0 Å². The Bertz CT molecular complexity index is 230. The van der Waals surface area contributed by atoms with E-state index in [0.717, 1.165) is 12.8 Å². The molecule has 4 nitrogen and oxygen atoms in total. The lowest BCUT2D eigenvalue weighted by molar-refractivity contribution is -0.0610. The summed E-state index contributed by atoms with van der Waals surface area (Å²) in [6, 6.07) is 0. The first-order valence-electron chi connectivity index (χ1n) is 5.63. The van der Waals surface area contributed by atoms with Crippen molar-refractivity contribution in [2.45, 2.75) is 39.2 Å². The molecule has 1 heterocycles. The number of likely N-dealkylation sites (tertiary alicyclic amines) is 1. The van der Waals surface area contributed by atoms with E-state index in [-0.39, 0.29) is 12.0 Å². The monoisotopic (exact) mass is 215 g/mol. The fourth-order valence-corrected chi connectivity index (χ4v) is 1.91. The van der Waals surface area contributed by atoms with E-state index in [2.05, 4.69) is 0 Å². The van der Waals surface area contributed by atoms with Crippen LogP contribution in [-0.2, 0) is 4.74 Å². The summed E-state index contributed by atoms with van der Waals surface area (Å²) >= 11 is 0. The summed E-state index contributed by atoms with van der Waals surface area (Å²) in [6.45, 7) is 7.21. The van der Waals surface area contributed by atoms with Crippen molar-refractivity contribution in [3.63, 3.8) is 0 Å². The summed E-state index contributed by atoms with van der Waals surface area (Å²) in [6.07, 6.45) is 1.30. The number of ether oxygens (including phenoxy) is 1. The van der Waals surface area contributed by atoms with Crippen LogP contribution in [-0.4, -0.2) is 41.4 Å². The van der Waals surface area contributed by atoms with Gasteiger partial charge in [0.15, 0.2) is 0 Å². The molecular weight excluding hydrogens is 194 g/mol. The molecule has 0 saturated carbocycles. The molecule has 1 unspecified atom stereocenters. The standard InChI is InChI=1S/C11H21NO3/c1-4-15-10(13)12-7-5-6-11(14,8-12)9(2)3/h9,14H,4-8H2,1-3H3. The maximum atomic E-state index is 11.5. The Labute approximate surface area is 91.2 Å². The smallest absolute Gasteiger partial charge is 0.409 e. The molecule has 0 aromatic rings. The summed E-state index contributed by atoms with van der Waals surface area (Å²) < 4.78 is 4.93. The second kappa shape index (κ2) is 4.84. The van der Waals surface area contributed by atoms with Gasteiger partial charge < -0.3 is 14.7 Å². The number of nitrogens with zero attached hydrogens (tertiary/aromatic N) is 1. The van der Waals surface area contributed by atoms with Crippen molar-refractivity contribution in [1.82, 2.24) is 4.90 Å². The lowest BCUT2D eigenvalue weighted by Crippen LogP contribution is -2.53. The molecule has 0 spiro atoms. The third-order valence-electron chi connectivity index (χ3n) is 3.10. The Morgan fingerprint density at radius 1 is 1.60 bits per heavy atom. The number of carbonyl (C=O) groups excluding carboxylic acids is 1. The molecule has 4 heteroatoms. The lowest BCUT2D eigenvalue weighted by Gasteiger charge is -2.41. The van der Waals surface area contributed by atoms with Gasteiger partial charge in [0, 0.05) is 6.54 Å². The highest BCUT2D eigenvalue weighted by Crippen LogP contribution is 2.28. The predicted molar refractivity (Wildman–Crippen MR) is 57.6 cm³/mol. The zero-order valence-corrected chi connectivity index (χ0v) is 9.82. The average Bonchev–Trinajstić information content (AvgIpc) is 2.18. The molecule has 1 N–H and O–H groups in total. The number of amides is 1. The van der Waals surface area contributed by atoms with Crippen LogP contribution in [0.15, 0.2) is 0 Å². The van der Waals surface area contributed by atoms with E-state index in [9.17, 15) is 9.90 Å². The van der Waals surface area contributed by atoms with E-state index in [1.54, 1.807) is 11.8 Å². The van der Waals surface area contributed by atoms with Crippen LogP contribution in [0, 0.1) is 5.92 Å². The van der Waals surface area contributed by atoms with Crippen molar-refractivity contribution in [3.05, 3.63) is 0 Å². The van der Waals surface area contributed by atoms with Crippen LogP contribution in [0.5, 0.6) is 0 Å². The summed E-state index contributed by atoms with van der Waals surface area (Å²) in [5.74, 6) is 0.162. The number of hydrogen-bond donors (Lipinski definition) is 1. The van der Waals surface area contributed by atoms with E-state index >= 15 is 0 Å². The lowest BCUT2D eigenvalue weighted by atomic mass is 9.83. The van der Waals surface area contributed by atoms with Gasteiger partial charge in [-0.1, -0.05) is 13.8 Å². The van der Waals surface area contributed by atoms with Crippen molar-refractivity contribution in [2.24, 2.45) is 5.92 Å². The van der Waals surface area contributed by atoms with E-state index in [1.165, 1.54) is 0 Å². The third-order valence-corrected chi connectivity index (χ3v) is 3.10. The number of aliphatic hydroxyl groups is 1. The van der Waals surface area contributed by atoms with E-state index in [0.29, 0.717) is 19.7 Å². The van der Waals surface area contributed by atoms with Gasteiger partial charge in [-0.3, -0.25) is 0 Å². The summed E-state index contributed by atoms with van der Waals surface area (Å²) in [7, 11) is 0. The largest absolute Gasteiger partial charge is 0.450 e. The molecule has 1 amide bonds. The molecule has 0 radical (unpaired) electrons. The van der Waals surface area contributed by atoms with E-state index in [1.807, 2.05) is 13.8 Å². The van der Waals surface area contributed by atoms with Crippen LogP contribution in [0.3, 0.4) is 0 Å². The number of rotatable bonds is 2. The first-order valence-corrected chi connectivity index (χ1v) is 5.63. The fraction of sp³-hybridized carbons (Fsp3) is 0.909. The Morgan fingerprint density at radius 3 is 2.80 bits per heavy atom. The van der Waals surface area contributed by atoms with Gasteiger partial charge in [0.05, 0.1) is 18.8 Å². The normalized spacial score (nSPS) is 26.9. The fourth-order valence-electron chi connectivity index (χ4n) is 1.91. The summed E-state index contributed by atoms with van der Waals surface area (Å²) in [5.41, 5.74) is -0.745. The minimum atomic E-state index is -0.745. The summed E-state index contributed by atoms with van der Waals surface area (Å²) in [5, 5.41) is 10.3. The molecule has 0 bridgehead atoms. The van der Waals surface area contributed by atoms with Gasteiger partial charge in [0.2, 0.25) is 0 Å². The Kier molecular flexibility index (Phi) is 3.97. The SMILES string of the molecule is CCOC(=O)N1CCCC(O)(C(C)C)C1. The van der Waals surface area contributed by atoms with Crippen LogP contribution in [0.4, 0.5) is 4.79 Å². The second-order valence-corrected chi connectivity index (χ2v) is 4.48. The van der Waals surface area contributed by atoms with Crippen LogP contribution in [0.2, 0.25) is 0 Å². The number of carbonyl (C=O) groups is 1. The quantitative estimate of drug-likeness (QED) is 0.761. The molecule has 0 aromatic heterocycles. The first-order chi connectivity index (χ1) is 6.99.